The summed E-state index contributed by atoms with van der Waals surface area (Å²) in [6.07, 6.45) is 1.34. The molecule has 0 saturated carbocycles. The van der Waals surface area contributed by atoms with E-state index in [4.69, 9.17) is 14.2 Å². The van der Waals surface area contributed by atoms with Gasteiger partial charge < -0.3 is 24.0 Å². The van der Waals surface area contributed by atoms with Crippen LogP contribution < -0.4 is 9.64 Å². The predicted molar refractivity (Wildman–Crippen MR) is 114 cm³/mol. The average molecular weight is 414 g/mol. The van der Waals surface area contributed by atoms with Crippen LogP contribution in [0.5, 0.6) is 5.75 Å². The normalized spacial score (nSPS) is 15.1. The van der Waals surface area contributed by atoms with Crippen molar-refractivity contribution < 1.29 is 23.4 Å². The Morgan fingerprint density at radius 3 is 2.50 bits per heavy atom. The van der Waals surface area contributed by atoms with E-state index in [2.05, 4.69) is 11.9 Å². The summed E-state index contributed by atoms with van der Waals surface area (Å²) in [5, 5.41) is 0. The molecule has 0 atom stereocenters. The molecule has 0 unspecified atom stereocenters. The van der Waals surface area contributed by atoms with Gasteiger partial charge in [0.05, 0.1) is 26.2 Å². The first kappa shape index (κ1) is 21.6. The number of hydrogen-bond donors (Lipinski definition) is 0. The highest BCUT2D eigenvalue weighted by Gasteiger charge is 2.19. The molecule has 1 heterocycles. The fraction of sp³-hybridized carbons (Fsp3) is 0.348. The van der Waals surface area contributed by atoms with E-state index >= 15 is 0 Å². The van der Waals surface area contributed by atoms with Gasteiger partial charge in [-0.3, -0.25) is 0 Å². The van der Waals surface area contributed by atoms with Crippen molar-refractivity contribution >= 4 is 17.2 Å². The van der Waals surface area contributed by atoms with E-state index in [9.17, 15) is 9.18 Å². The Morgan fingerprint density at radius 2 is 1.83 bits per heavy atom. The van der Waals surface area contributed by atoms with Crippen molar-refractivity contribution in [2.24, 2.45) is 0 Å². The van der Waals surface area contributed by atoms with Gasteiger partial charge in [-0.05, 0) is 30.3 Å². The van der Waals surface area contributed by atoms with Gasteiger partial charge in [0.2, 0.25) is 0 Å². The highest BCUT2D eigenvalue weighted by Crippen LogP contribution is 2.27. The van der Waals surface area contributed by atoms with Crippen molar-refractivity contribution in [1.82, 2.24) is 4.90 Å². The number of nitrogens with zero attached hydrogens (tertiary/aromatic N) is 2. The Morgan fingerprint density at radius 1 is 1.10 bits per heavy atom. The van der Waals surface area contributed by atoms with E-state index in [1.165, 1.54) is 26.5 Å². The van der Waals surface area contributed by atoms with Gasteiger partial charge in [-0.1, -0.05) is 24.3 Å². The third kappa shape index (κ3) is 5.10. The molecular weight excluding hydrogens is 387 g/mol. The molecule has 7 heteroatoms. The number of piperazine rings is 1. The minimum atomic E-state index is -0.508. The van der Waals surface area contributed by atoms with E-state index in [-0.39, 0.29) is 18.0 Å². The summed E-state index contributed by atoms with van der Waals surface area (Å²) in [4.78, 5) is 16.4. The SMILES string of the molecule is CO/C=C(/C(=O)OC)c1ccccc1COc1ccc(N2CCN(C)CC2)c(F)c1. The monoisotopic (exact) mass is 414 g/mol. The van der Waals surface area contributed by atoms with Crippen LogP contribution in [-0.4, -0.2) is 58.3 Å². The Hall–Kier alpha value is -3.06. The standard InChI is InChI=1S/C23H27FN2O4/c1-25-10-12-26(13-11-25)22-9-8-18(14-21(22)24)30-15-17-6-4-5-7-19(17)20(16-28-2)23(27)29-3/h4-9,14,16H,10-13,15H2,1-3H3/b20-16+. The van der Waals surface area contributed by atoms with Crippen LogP contribution in [0.15, 0.2) is 48.7 Å². The summed E-state index contributed by atoms with van der Waals surface area (Å²) < 4.78 is 30.4. The number of benzene rings is 2. The maximum absolute atomic E-state index is 14.7. The molecule has 0 aliphatic carbocycles. The zero-order chi connectivity index (χ0) is 21.5. The number of rotatable bonds is 7. The van der Waals surface area contributed by atoms with Crippen molar-refractivity contribution in [2.45, 2.75) is 6.61 Å². The maximum Gasteiger partial charge on any atom is 0.341 e. The molecule has 1 aliphatic rings. The first-order valence-electron chi connectivity index (χ1n) is 9.79. The molecule has 2 aromatic rings. The molecule has 0 radical (unpaired) electrons. The number of esters is 1. The number of halogens is 1. The summed E-state index contributed by atoms with van der Waals surface area (Å²) >= 11 is 0. The van der Waals surface area contributed by atoms with Crippen LogP contribution in [0.4, 0.5) is 10.1 Å². The summed E-state index contributed by atoms with van der Waals surface area (Å²) in [5.74, 6) is -0.387. The topological polar surface area (TPSA) is 51.2 Å². The molecule has 0 aromatic heterocycles. The van der Waals surface area contributed by atoms with Crippen LogP contribution in [0.2, 0.25) is 0 Å². The van der Waals surface area contributed by atoms with Crippen LogP contribution in [0.25, 0.3) is 5.57 Å². The highest BCUT2D eigenvalue weighted by atomic mass is 19.1. The molecule has 3 rings (SSSR count). The number of likely N-dealkylation sites (N-methyl/N-ethyl adjacent to an activating group) is 1. The van der Waals surface area contributed by atoms with E-state index in [1.54, 1.807) is 18.2 Å². The zero-order valence-electron chi connectivity index (χ0n) is 17.6. The molecule has 0 amide bonds. The van der Waals surface area contributed by atoms with Crippen molar-refractivity contribution in [3.63, 3.8) is 0 Å². The summed E-state index contributed by atoms with van der Waals surface area (Å²) in [7, 11) is 4.85. The van der Waals surface area contributed by atoms with Crippen molar-refractivity contribution in [2.75, 3.05) is 52.3 Å². The predicted octanol–water partition coefficient (Wildman–Crippen LogP) is 3.32. The Balaban J connectivity index is 1.74. The Labute approximate surface area is 176 Å². The molecule has 160 valence electrons. The molecule has 6 nitrogen and oxygen atoms in total. The molecule has 2 aromatic carbocycles. The van der Waals surface area contributed by atoms with Crippen LogP contribution >= 0.6 is 0 Å². The second-order valence-corrected chi connectivity index (χ2v) is 7.11. The number of hydrogen-bond acceptors (Lipinski definition) is 6. The number of ether oxygens (including phenoxy) is 3. The van der Waals surface area contributed by atoms with Gasteiger partial charge in [-0.2, -0.15) is 0 Å². The lowest BCUT2D eigenvalue weighted by atomic mass is 10.0. The third-order valence-corrected chi connectivity index (χ3v) is 5.11. The van der Waals surface area contributed by atoms with Crippen molar-refractivity contribution in [1.29, 1.82) is 0 Å². The molecule has 0 N–H and O–H groups in total. The van der Waals surface area contributed by atoms with E-state index in [0.29, 0.717) is 17.0 Å². The highest BCUT2D eigenvalue weighted by molar-refractivity contribution is 6.16. The lowest BCUT2D eigenvalue weighted by Crippen LogP contribution is -2.44. The minimum absolute atomic E-state index is 0.168. The van der Waals surface area contributed by atoms with Gasteiger partial charge in [-0.15, -0.1) is 0 Å². The molecule has 1 aliphatic heterocycles. The smallest absolute Gasteiger partial charge is 0.341 e. The lowest BCUT2D eigenvalue weighted by Gasteiger charge is -2.34. The molecule has 1 saturated heterocycles. The van der Waals surface area contributed by atoms with Crippen LogP contribution in [0.1, 0.15) is 11.1 Å². The summed E-state index contributed by atoms with van der Waals surface area (Å²) in [6.45, 7) is 3.58. The Bertz CT molecular complexity index is 908. The largest absolute Gasteiger partial charge is 0.503 e. The van der Waals surface area contributed by atoms with Crippen LogP contribution in [0, 0.1) is 5.82 Å². The van der Waals surface area contributed by atoms with Gasteiger partial charge in [0.15, 0.2) is 0 Å². The van der Waals surface area contributed by atoms with Gasteiger partial charge in [0.25, 0.3) is 0 Å². The van der Waals surface area contributed by atoms with Crippen LogP contribution in [0.3, 0.4) is 0 Å². The Kier molecular flexibility index (Phi) is 7.30. The number of anilines is 1. The van der Waals surface area contributed by atoms with Crippen LogP contribution in [-0.2, 0) is 20.9 Å². The molecular formula is C23H27FN2O4. The van der Waals surface area contributed by atoms with Gasteiger partial charge in [0, 0.05) is 32.2 Å². The fourth-order valence-corrected chi connectivity index (χ4v) is 3.40. The fourth-order valence-electron chi connectivity index (χ4n) is 3.40. The first-order valence-corrected chi connectivity index (χ1v) is 9.79. The van der Waals surface area contributed by atoms with E-state index < -0.39 is 5.97 Å². The summed E-state index contributed by atoms with van der Waals surface area (Å²) in [5.41, 5.74) is 2.28. The van der Waals surface area contributed by atoms with Gasteiger partial charge in [0.1, 0.15) is 23.7 Å². The molecule has 0 bridgehead atoms. The minimum Gasteiger partial charge on any atom is -0.503 e. The van der Waals surface area contributed by atoms with Crippen molar-refractivity contribution in [3.05, 3.63) is 65.7 Å². The van der Waals surface area contributed by atoms with E-state index in [1.807, 2.05) is 23.1 Å². The summed E-state index contributed by atoms with van der Waals surface area (Å²) in [6, 6.07) is 12.2. The molecule has 30 heavy (non-hydrogen) atoms. The quantitative estimate of drug-likeness (QED) is 0.394. The van der Waals surface area contributed by atoms with E-state index in [0.717, 1.165) is 31.7 Å². The second kappa shape index (κ2) is 10.1. The molecule has 1 fully saturated rings. The van der Waals surface area contributed by atoms with Gasteiger partial charge in [-0.25, -0.2) is 9.18 Å². The first-order chi connectivity index (χ1) is 14.5. The average Bonchev–Trinajstić information content (AvgIpc) is 2.77. The maximum atomic E-state index is 14.7. The number of carbonyl (C=O) groups is 1. The molecule has 0 spiro atoms. The lowest BCUT2D eigenvalue weighted by molar-refractivity contribution is -0.133. The number of carbonyl (C=O) groups excluding carboxylic acids is 1. The van der Waals surface area contributed by atoms with Gasteiger partial charge >= 0.3 is 5.97 Å². The zero-order valence-corrected chi connectivity index (χ0v) is 17.6. The third-order valence-electron chi connectivity index (χ3n) is 5.11. The number of methoxy groups -OCH3 is 2. The van der Waals surface area contributed by atoms with Crippen molar-refractivity contribution in [3.8, 4) is 5.75 Å². The second-order valence-electron chi connectivity index (χ2n) is 7.11.